The van der Waals surface area contributed by atoms with Crippen LogP contribution in [0.25, 0.3) is 11.1 Å². The highest BCUT2D eigenvalue weighted by Gasteiger charge is 2.53. The van der Waals surface area contributed by atoms with Gasteiger partial charge in [-0.15, -0.1) is 0 Å². The van der Waals surface area contributed by atoms with Crippen molar-refractivity contribution in [3.63, 3.8) is 0 Å². The minimum Gasteiger partial charge on any atom is -0.508 e. The third-order valence-electron chi connectivity index (χ3n) is 25.9. The molecule has 18 atom stereocenters. The molecule has 11 aliphatic rings. The Morgan fingerprint density at radius 2 is 1.37 bits per heavy atom. The number of carbonyl (C=O) groups excluding carboxylic acids is 9. The van der Waals surface area contributed by atoms with Gasteiger partial charge in [-0.2, -0.15) is 0 Å². The lowest BCUT2D eigenvalue weighted by molar-refractivity contribution is -0.333. The molecular formula is C91H109Cl2N9O24. The molecule has 2 saturated heterocycles. The highest BCUT2D eigenvalue weighted by molar-refractivity contribution is 6.32. The number of ether oxygens (including phenoxy) is 6. The lowest BCUT2D eigenvalue weighted by atomic mass is 9.51. The number of urea groups is 1. The number of Topliss-reactive ketones (excluding diaryl/α,β-unsaturated/α-hetero) is 3. The molecule has 1 aromatic heterocycles. The number of aromatic hydroxyl groups is 3. The topological polar surface area (TPSA) is 514 Å². The Morgan fingerprint density at radius 3 is 2.01 bits per heavy atom. The van der Waals surface area contributed by atoms with E-state index in [0.29, 0.717) is 30.5 Å². The maximum atomic E-state index is 16.8. The number of halogens is 2. The fourth-order valence-electron chi connectivity index (χ4n) is 19.6. The fourth-order valence-corrected chi connectivity index (χ4v) is 20.0. The van der Waals surface area contributed by atoms with E-state index in [1.165, 1.54) is 74.8 Å². The maximum Gasteiger partial charge on any atom is 0.325 e. The van der Waals surface area contributed by atoms with Crippen LogP contribution in [-0.2, 0) is 52.6 Å². The summed E-state index contributed by atoms with van der Waals surface area (Å²) in [5.41, 5.74) is 4.10. The van der Waals surface area contributed by atoms with Crippen LogP contribution in [0.3, 0.4) is 0 Å². The second kappa shape index (κ2) is 38.8. The number of rotatable bonds is 21. The van der Waals surface area contributed by atoms with E-state index < -0.39 is 228 Å². The Morgan fingerprint density at radius 1 is 0.706 bits per heavy atom. The molecule has 676 valence electrons. The molecule has 35 heteroatoms. The number of nitrogens with one attached hydrogen (secondary N) is 7. The van der Waals surface area contributed by atoms with E-state index in [9.17, 15) is 60.3 Å². The summed E-state index contributed by atoms with van der Waals surface area (Å²) in [6.07, 6.45) is -10.3. The monoisotopic (exact) mass is 1780 g/mol. The SMILES string of the molecule is CCCCCNc1ccncc1NC(=O)NC(=O)C[C@@H]1CC(=O)[C@H](NC(=O)[C@H](CC)CC(C)C)[C@H](O)c2ccc(c(Cl)c2)Oc2cc3cc(c2O[C@@H]2O[C@H](CO)[C@@H](O)[C@H](O)[C@H]2O[C@H]2C[C@](C)(N)[C@H](O)[C@H](C)O2)Oc2ccc(cc2Cl)[C@@H](O)[C@@H]2NC(=O)[C@H](CC(=O)[C@@H]3NC1=O)c1ccc(O)c(c1)-c1c(O)cc(O)cc1[C@@H](C(=O)CC1C3CC4CC(C3)CC1C4)NC2=O. The Kier molecular flexibility index (Phi) is 28.4. The van der Waals surface area contributed by atoms with Gasteiger partial charge in [0, 0.05) is 73.5 Å². The van der Waals surface area contributed by atoms with Gasteiger partial charge in [-0.25, -0.2) is 4.79 Å². The molecule has 5 aromatic carbocycles. The summed E-state index contributed by atoms with van der Waals surface area (Å²) in [5, 5.41) is 126. The number of hydrogen-bond acceptors (Lipinski definition) is 27. The van der Waals surface area contributed by atoms with Gasteiger partial charge in [0.15, 0.2) is 41.2 Å². The molecule has 33 nitrogen and oxygen atoms in total. The molecule has 6 fully saturated rings. The summed E-state index contributed by atoms with van der Waals surface area (Å²) in [6.45, 7) is 10.1. The van der Waals surface area contributed by atoms with Crippen molar-refractivity contribution in [3.8, 4) is 57.1 Å². The molecule has 18 N–H and O–H groups in total. The summed E-state index contributed by atoms with van der Waals surface area (Å²) in [4.78, 5) is 144. The standard InChI is InChI=1S/C91H109Cl2N9O24/c1-7-9-10-18-96-59-17-19-95-38-60(59)97-90(120)98-71(110)32-51-29-63(107)76(101-85(116)44(8-2)20-40(3)4)78(111)46-12-15-66(57(92)27-46)122-68-30-50-31-69(82(68)126-89-83(81(114)80(113)70(39-103)124-89)125-72-37-91(6,94)84(115)41(5)121-72)123-67-16-13-47(28-58(67)93)79(112)77-88(119)100-75(65(109)35-53-48-22-42-21-43(24-48)25-49(53)23-42)56-33-52(104)34-62(106)73(56)55-26-45(11-14-61(55)105)54(87(118)102-77)36-64(108)74(50)99-86(51)117/h11-17,19,26-28,30-31,33-34,38,40-44,48-49,51,53-54,70,72,74-81,83-84,89,103-106,111-115H,7-10,18,20-25,29,32,35-37,39,94H2,1-6H3,(H,95,96)(H,99,117)(H,100,119)(H,101,116)(H,102,118)(H2,97,98,110,120)/t41-,42?,43?,44+,48?,49?,51-,53?,54+,70+,72-,74+,75-,76-,77-,78+,79+,80+,81-,83+,84+,89-,91-/m0/s1. The van der Waals surface area contributed by atoms with E-state index in [2.05, 4.69) is 42.2 Å². The van der Waals surface area contributed by atoms with Gasteiger partial charge in [0.05, 0.1) is 58.3 Å². The minimum atomic E-state index is -2.26. The van der Waals surface area contributed by atoms with Crippen molar-refractivity contribution in [1.29, 1.82) is 0 Å². The van der Waals surface area contributed by atoms with Crippen LogP contribution in [0.1, 0.15) is 196 Å². The van der Waals surface area contributed by atoms with Gasteiger partial charge in [-0.1, -0.05) is 81.9 Å². The van der Waals surface area contributed by atoms with Crippen molar-refractivity contribution in [2.24, 2.45) is 53.1 Å². The lowest BCUT2D eigenvalue weighted by Gasteiger charge is -2.54. The molecule has 7 aliphatic heterocycles. The third-order valence-corrected chi connectivity index (χ3v) is 26.5. The molecule has 0 unspecified atom stereocenters. The van der Waals surface area contributed by atoms with Crippen molar-refractivity contribution < 1.29 is 118 Å². The number of hydrogen-bond donors (Lipinski definition) is 17. The molecule has 6 aromatic rings. The first-order chi connectivity index (χ1) is 60.0. The summed E-state index contributed by atoms with van der Waals surface area (Å²) >= 11 is 14.6. The van der Waals surface area contributed by atoms with Crippen molar-refractivity contribution in [2.45, 2.75) is 235 Å². The Hall–Kier alpha value is -10.1. The van der Waals surface area contributed by atoms with Crippen LogP contribution in [0.15, 0.2) is 97.3 Å². The Labute approximate surface area is 736 Å². The van der Waals surface area contributed by atoms with Crippen LogP contribution in [0, 0.1) is 47.3 Å². The number of carbonyl (C=O) groups is 9. The number of imide groups is 1. The number of nitrogens with zero attached hydrogens (tertiary/aromatic N) is 1. The second-order valence-corrected chi connectivity index (χ2v) is 36.4. The fraction of sp³-hybridized carbons (Fsp3) is 0.516. The number of benzene rings is 5. The lowest BCUT2D eigenvalue weighted by Crippen LogP contribution is -2.64. The highest BCUT2D eigenvalue weighted by atomic mass is 35.5. The largest absolute Gasteiger partial charge is 0.508 e. The number of amides is 7. The van der Waals surface area contributed by atoms with Crippen molar-refractivity contribution in [2.75, 3.05) is 23.8 Å². The number of fused-ring (bicyclic) bond motifs is 15. The summed E-state index contributed by atoms with van der Waals surface area (Å²) in [5.74, 6) is -16.3. The summed E-state index contributed by atoms with van der Waals surface area (Å²) in [7, 11) is 0. The summed E-state index contributed by atoms with van der Waals surface area (Å²) < 4.78 is 39.3. The van der Waals surface area contributed by atoms with Gasteiger partial charge in [0.2, 0.25) is 41.6 Å². The van der Waals surface area contributed by atoms with E-state index in [1.54, 1.807) is 13.0 Å². The number of ketones is 3. The second-order valence-electron chi connectivity index (χ2n) is 35.6. The van der Waals surface area contributed by atoms with Gasteiger partial charge in [0.1, 0.15) is 83.4 Å². The molecule has 0 spiro atoms. The molecular weight excluding hydrogens is 1670 g/mol. The number of nitrogens with two attached hydrogens (primary N) is 1. The number of unbranched alkanes of at least 4 members (excludes halogenated alkanes) is 2. The first kappa shape index (κ1) is 92.1. The molecule has 0 radical (unpaired) electrons. The number of phenolic OH excluding ortho intramolecular Hbond substituents is 3. The van der Waals surface area contributed by atoms with Gasteiger partial charge in [-0.05, 0) is 189 Å². The molecule has 7 amide bonds. The predicted octanol–water partition coefficient (Wildman–Crippen LogP) is 9.33. The molecule has 8 heterocycles. The highest BCUT2D eigenvalue weighted by Crippen LogP contribution is 2.59. The van der Waals surface area contributed by atoms with Crippen molar-refractivity contribution in [3.05, 3.63) is 135 Å². The Bertz CT molecular complexity index is 5110. The van der Waals surface area contributed by atoms with Crippen LogP contribution in [-0.4, -0.2) is 184 Å². The third kappa shape index (κ3) is 20.1. The van der Waals surface area contributed by atoms with Gasteiger partial charge in [-0.3, -0.25) is 48.7 Å². The number of aliphatic hydroxyl groups excluding tert-OH is 6. The number of aromatic nitrogens is 1. The van der Waals surface area contributed by atoms with E-state index in [4.69, 9.17) is 57.4 Å². The van der Waals surface area contributed by atoms with E-state index in [-0.39, 0.29) is 104 Å². The van der Waals surface area contributed by atoms with Gasteiger partial charge in [0.25, 0.3) is 0 Å². The average Bonchev–Trinajstić information content (AvgIpc) is 0.750. The average molecular weight is 1780 g/mol. The van der Waals surface area contributed by atoms with E-state index >= 15 is 28.8 Å². The van der Waals surface area contributed by atoms with Crippen LogP contribution in [0.2, 0.25) is 10.0 Å². The van der Waals surface area contributed by atoms with Crippen LogP contribution in [0.4, 0.5) is 16.2 Å². The zero-order valence-electron chi connectivity index (χ0n) is 70.5. The van der Waals surface area contributed by atoms with Gasteiger partial charge < -0.3 is 112 Å². The molecule has 4 saturated carbocycles. The van der Waals surface area contributed by atoms with E-state index in [0.717, 1.165) is 81.7 Å². The number of pyridine rings is 1. The smallest absolute Gasteiger partial charge is 0.325 e. The summed E-state index contributed by atoms with van der Waals surface area (Å²) in [6, 6.07) is 7.54. The number of phenols is 3. The van der Waals surface area contributed by atoms with Crippen LogP contribution < -0.4 is 57.2 Å². The zero-order valence-corrected chi connectivity index (χ0v) is 72.0. The first-order valence-corrected chi connectivity index (χ1v) is 43.8. The molecule has 126 heavy (non-hydrogen) atoms. The van der Waals surface area contributed by atoms with Crippen LogP contribution >= 0.6 is 23.2 Å². The quantitative estimate of drug-likeness (QED) is 0.0298. The molecule has 4 aliphatic carbocycles. The number of anilines is 2. The predicted molar refractivity (Wildman–Crippen MR) is 456 cm³/mol. The maximum absolute atomic E-state index is 16.8. The molecule has 15 bridgehead atoms. The zero-order chi connectivity index (χ0) is 90.2. The first-order valence-electron chi connectivity index (χ1n) is 43.1. The number of aliphatic hydroxyl groups is 6. The van der Waals surface area contributed by atoms with Crippen LogP contribution in [0.5, 0.6) is 46.0 Å². The normalized spacial score (nSPS) is 30.3. The van der Waals surface area contributed by atoms with Crippen molar-refractivity contribution >= 4 is 87.5 Å². The molecule has 17 rings (SSSR count). The Balaban J connectivity index is 0.958. The van der Waals surface area contributed by atoms with E-state index in [1.807, 2.05) is 20.8 Å². The minimum absolute atomic E-state index is 0.0561. The van der Waals surface area contributed by atoms with Crippen molar-refractivity contribution in [1.82, 2.24) is 31.6 Å². The van der Waals surface area contributed by atoms with Gasteiger partial charge >= 0.3 is 6.03 Å².